The Bertz CT molecular complexity index is 605. The summed E-state index contributed by atoms with van der Waals surface area (Å²) >= 11 is 0. The molecule has 2 N–H and O–H groups in total. The van der Waals surface area contributed by atoms with Gasteiger partial charge in [0.25, 0.3) is 0 Å². The molecule has 144 valence electrons. The highest BCUT2D eigenvalue weighted by molar-refractivity contribution is 5.80. The average molecular weight is 362 g/mol. The molecule has 7 heteroatoms. The molecule has 2 heterocycles. The molecule has 0 aromatic carbocycles. The Labute approximate surface area is 155 Å². The highest BCUT2D eigenvalue weighted by Crippen LogP contribution is 2.12. The first kappa shape index (κ1) is 19.9. The number of nitrogens with zero attached hydrogens (tertiary/aromatic N) is 2. The van der Waals surface area contributed by atoms with E-state index in [1.165, 1.54) is 0 Å². The van der Waals surface area contributed by atoms with Crippen LogP contribution in [0.1, 0.15) is 33.0 Å². The van der Waals surface area contributed by atoms with E-state index in [1.807, 2.05) is 32.9 Å². The van der Waals surface area contributed by atoms with Crippen LogP contribution in [0.3, 0.4) is 0 Å². The van der Waals surface area contributed by atoms with Crippen molar-refractivity contribution in [3.8, 4) is 0 Å². The number of furan rings is 1. The molecule has 1 aromatic heterocycles. The van der Waals surface area contributed by atoms with Gasteiger partial charge in [0, 0.05) is 32.6 Å². The summed E-state index contributed by atoms with van der Waals surface area (Å²) in [4.78, 5) is 18.8. The van der Waals surface area contributed by atoms with E-state index in [0.717, 1.165) is 31.1 Å². The number of guanidine groups is 1. The maximum Gasteiger partial charge on any atom is 0.407 e. The number of carbonyl (C=O) groups excluding carboxylic acids is 1. The lowest BCUT2D eigenvalue weighted by Gasteiger charge is -2.23. The van der Waals surface area contributed by atoms with E-state index >= 15 is 0 Å². The Morgan fingerprint density at radius 1 is 1.54 bits per heavy atom. The smallest absolute Gasteiger partial charge is 0.407 e. The van der Waals surface area contributed by atoms with Crippen LogP contribution >= 0.6 is 0 Å². The van der Waals surface area contributed by atoms with Crippen molar-refractivity contribution in [1.82, 2.24) is 15.5 Å². The second kappa shape index (κ2) is 9.31. The van der Waals surface area contributed by atoms with Crippen molar-refractivity contribution in [2.45, 2.75) is 45.3 Å². The summed E-state index contributed by atoms with van der Waals surface area (Å²) in [6.07, 6.45) is 4.70. The third-order valence-corrected chi connectivity index (χ3v) is 3.81. The number of carbonyl (C=O) groups is 1. The van der Waals surface area contributed by atoms with Crippen molar-refractivity contribution in [1.29, 1.82) is 0 Å². The predicted molar refractivity (Wildman–Crippen MR) is 102 cm³/mol. The maximum absolute atomic E-state index is 11.9. The van der Waals surface area contributed by atoms with Crippen molar-refractivity contribution in [3.05, 3.63) is 36.8 Å². The number of hydrogen-bond donors (Lipinski definition) is 2. The molecule has 0 spiro atoms. The number of alkyl carbamates (subject to hydrolysis) is 1. The van der Waals surface area contributed by atoms with Gasteiger partial charge in [0.2, 0.25) is 0 Å². The van der Waals surface area contributed by atoms with Crippen LogP contribution in [0.2, 0.25) is 0 Å². The summed E-state index contributed by atoms with van der Waals surface area (Å²) in [5, 5.41) is 6.22. The maximum atomic E-state index is 11.9. The molecule has 1 aliphatic heterocycles. The fourth-order valence-corrected chi connectivity index (χ4v) is 2.70. The summed E-state index contributed by atoms with van der Waals surface area (Å²) < 4.78 is 10.7. The van der Waals surface area contributed by atoms with Gasteiger partial charge in [-0.3, -0.25) is 4.99 Å². The van der Waals surface area contributed by atoms with Crippen LogP contribution in [0, 0.1) is 0 Å². The third-order valence-electron chi connectivity index (χ3n) is 3.81. The highest BCUT2D eigenvalue weighted by Gasteiger charge is 2.27. The van der Waals surface area contributed by atoms with Gasteiger partial charge in [-0.25, -0.2) is 4.79 Å². The van der Waals surface area contributed by atoms with Gasteiger partial charge >= 0.3 is 6.09 Å². The van der Waals surface area contributed by atoms with E-state index in [0.29, 0.717) is 19.6 Å². The van der Waals surface area contributed by atoms with E-state index in [2.05, 4.69) is 27.1 Å². The van der Waals surface area contributed by atoms with Crippen LogP contribution in [0.15, 0.2) is 40.5 Å². The minimum atomic E-state index is -0.494. The molecule has 0 aliphatic carbocycles. The average Bonchev–Trinajstić information content (AvgIpc) is 3.20. The number of aliphatic imine (C=N–C) groups is 1. The number of hydrogen-bond acceptors (Lipinski definition) is 4. The fourth-order valence-electron chi connectivity index (χ4n) is 2.70. The molecule has 2 rings (SSSR count). The second-order valence-electron chi connectivity index (χ2n) is 7.28. The Morgan fingerprint density at radius 2 is 2.35 bits per heavy atom. The van der Waals surface area contributed by atoms with Gasteiger partial charge in [-0.05, 0) is 39.3 Å². The van der Waals surface area contributed by atoms with Crippen LogP contribution in [-0.4, -0.2) is 54.8 Å². The molecule has 1 unspecified atom stereocenters. The second-order valence-corrected chi connectivity index (χ2v) is 7.28. The molecule has 0 saturated carbocycles. The lowest BCUT2D eigenvalue weighted by molar-refractivity contribution is 0.0507. The van der Waals surface area contributed by atoms with E-state index in [1.54, 1.807) is 12.3 Å². The zero-order valence-electron chi connectivity index (χ0n) is 16.0. The minimum Gasteiger partial charge on any atom is -0.469 e. The predicted octanol–water partition coefficient (Wildman–Crippen LogP) is 2.55. The largest absolute Gasteiger partial charge is 0.469 e. The minimum absolute atomic E-state index is 0.0469. The number of ether oxygens (including phenoxy) is 1. The van der Waals surface area contributed by atoms with E-state index in [-0.39, 0.29) is 12.1 Å². The molecule has 1 amide bonds. The molecule has 0 radical (unpaired) electrons. The number of nitrogens with one attached hydrogen (secondary N) is 2. The van der Waals surface area contributed by atoms with E-state index in [4.69, 9.17) is 9.15 Å². The summed E-state index contributed by atoms with van der Waals surface area (Å²) in [7, 11) is 0. The first-order valence-corrected chi connectivity index (χ1v) is 9.03. The van der Waals surface area contributed by atoms with Gasteiger partial charge < -0.3 is 24.7 Å². The van der Waals surface area contributed by atoms with Crippen LogP contribution in [0.5, 0.6) is 0 Å². The normalized spacial score (nSPS) is 17.9. The zero-order valence-corrected chi connectivity index (χ0v) is 16.0. The van der Waals surface area contributed by atoms with Gasteiger partial charge in [-0.1, -0.05) is 6.08 Å². The van der Waals surface area contributed by atoms with Crippen molar-refractivity contribution in [2.24, 2.45) is 4.99 Å². The van der Waals surface area contributed by atoms with Gasteiger partial charge in [-0.2, -0.15) is 0 Å². The summed E-state index contributed by atoms with van der Waals surface area (Å²) in [5.41, 5.74) is -0.494. The van der Waals surface area contributed by atoms with Gasteiger partial charge in [-0.15, -0.1) is 6.58 Å². The Hall–Kier alpha value is -2.44. The third kappa shape index (κ3) is 6.82. The standard InChI is InChI=1S/C19H30N4O3/c1-5-10-20-17(21-11-8-16-7-6-13-25-16)23-12-9-15(14-23)22-18(24)26-19(2,3)4/h5-7,13,15H,1,8-12,14H2,2-4H3,(H,20,21)(H,22,24). The number of amides is 1. The lowest BCUT2D eigenvalue weighted by Crippen LogP contribution is -2.44. The van der Waals surface area contributed by atoms with Crippen molar-refractivity contribution >= 4 is 12.1 Å². The topological polar surface area (TPSA) is 79.1 Å². The first-order chi connectivity index (χ1) is 12.4. The van der Waals surface area contributed by atoms with Crippen LogP contribution in [-0.2, 0) is 11.2 Å². The molecule has 1 fully saturated rings. The first-order valence-electron chi connectivity index (χ1n) is 9.03. The summed E-state index contributed by atoms with van der Waals surface area (Å²) in [6, 6.07) is 3.87. The molecule has 0 bridgehead atoms. The number of likely N-dealkylation sites (tertiary alicyclic amines) is 1. The molecule has 1 atom stereocenters. The summed E-state index contributed by atoms with van der Waals surface area (Å²) in [6.45, 7) is 12.1. The Morgan fingerprint density at radius 3 is 3.00 bits per heavy atom. The fraction of sp³-hybridized carbons (Fsp3) is 0.579. The summed E-state index contributed by atoms with van der Waals surface area (Å²) in [5.74, 6) is 1.74. The monoisotopic (exact) mass is 362 g/mol. The van der Waals surface area contributed by atoms with Crippen molar-refractivity contribution in [3.63, 3.8) is 0 Å². The molecule has 1 aromatic rings. The van der Waals surface area contributed by atoms with Gasteiger partial charge in [0.1, 0.15) is 11.4 Å². The van der Waals surface area contributed by atoms with Crippen LogP contribution in [0.25, 0.3) is 0 Å². The zero-order chi connectivity index (χ0) is 19.0. The molecular formula is C19H30N4O3. The molecular weight excluding hydrogens is 332 g/mol. The Balaban J connectivity index is 1.87. The van der Waals surface area contributed by atoms with E-state index < -0.39 is 5.60 Å². The van der Waals surface area contributed by atoms with Crippen molar-refractivity contribution < 1.29 is 13.9 Å². The van der Waals surface area contributed by atoms with Crippen LogP contribution < -0.4 is 10.6 Å². The van der Waals surface area contributed by atoms with Crippen molar-refractivity contribution in [2.75, 3.05) is 26.2 Å². The van der Waals surface area contributed by atoms with E-state index in [9.17, 15) is 4.79 Å². The SMILES string of the molecule is C=CCNC(=NCCc1ccco1)N1CCC(NC(=O)OC(C)(C)C)C1. The molecule has 26 heavy (non-hydrogen) atoms. The quantitative estimate of drug-likeness (QED) is 0.462. The van der Waals surface area contributed by atoms with Gasteiger partial charge in [0.05, 0.1) is 12.3 Å². The highest BCUT2D eigenvalue weighted by atomic mass is 16.6. The molecule has 7 nitrogen and oxygen atoms in total. The molecule has 1 saturated heterocycles. The number of rotatable bonds is 6. The molecule has 1 aliphatic rings. The van der Waals surface area contributed by atoms with Crippen LogP contribution in [0.4, 0.5) is 4.79 Å². The lowest BCUT2D eigenvalue weighted by atomic mass is 10.2. The Kier molecular flexibility index (Phi) is 7.12. The van der Waals surface area contributed by atoms with Gasteiger partial charge in [0.15, 0.2) is 5.96 Å².